The van der Waals surface area contributed by atoms with E-state index in [1.54, 1.807) is 27.5 Å². The van der Waals surface area contributed by atoms with Gasteiger partial charge in [-0.05, 0) is 12.1 Å². The summed E-state index contributed by atoms with van der Waals surface area (Å²) in [4.78, 5) is 4.22. The molecule has 0 spiro atoms. The van der Waals surface area contributed by atoms with Crippen LogP contribution in [0.25, 0.3) is 0 Å². The first-order valence-corrected chi connectivity index (χ1v) is 7.30. The van der Waals surface area contributed by atoms with Crippen LogP contribution in [0.5, 0.6) is 11.5 Å². The highest BCUT2D eigenvalue weighted by molar-refractivity contribution is 5.79. The molecule has 0 bridgehead atoms. The topological polar surface area (TPSA) is 72.7 Å². The van der Waals surface area contributed by atoms with Gasteiger partial charge in [0, 0.05) is 32.4 Å². The van der Waals surface area contributed by atoms with Crippen molar-refractivity contribution in [1.82, 2.24) is 20.4 Å². The normalized spacial score (nSPS) is 11.2. The number of aliphatic imine (C=N–C) groups is 1. The average Bonchev–Trinajstić information content (AvgIpc) is 2.99. The van der Waals surface area contributed by atoms with Crippen LogP contribution in [-0.4, -0.2) is 37.0 Å². The van der Waals surface area contributed by atoms with Gasteiger partial charge in [-0.3, -0.25) is 9.67 Å². The van der Waals surface area contributed by atoms with E-state index in [0.29, 0.717) is 24.8 Å². The summed E-state index contributed by atoms with van der Waals surface area (Å²) < 4.78 is 12.6. The van der Waals surface area contributed by atoms with Gasteiger partial charge in [0.1, 0.15) is 0 Å². The Kier molecular flexibility index (Phi) is 5.85. The number of nitrogens with one attached hydrogen (secondary N) is 2. The fraction of sp³-hybridized carbons (Fsp3) is 0.375. The van der Waals surface area contributed by atoms with Crippen molar-refractivity contribution in [3.8, 4) is 11.5 Å². The number of benzene rings is 1. The molecule has 0 fully saturated rings. The number of para-hydroxylation sites is 1. The van der Waals surface area contributed by atoms with E-state index in [1.807, 2.05) is 36.0 Å². The zero-order valence-electron chi connectivity index (χ0n) is 14.0. The fourth-order valence-electron chi connectivity index (χ4n) is 2.24. The Morgan fingerprint density at radius 1 is 1.17 bits per heavy atom. The number of rotatable bonds is 6. The summed E-state index contributed by atoms with van der Waals surface area (Å²) >= 11 is 0. The second-order valence-corrected chi connectivity index (χ2v) is 4.88. The molecule has 0 aliphatic rings. The van der Waals surface area contributed by atoms with E-state index in [1.165, 1.54) is 0 Å². The highest BCUT2D eigenvalue weighted by Gasteiger charge is 2.10. The van der Waals surface area contributed by atoms with E-state index in [4.69, 9.17) is 9.47 Å². The van der Waals surface area contributed by atoms with Gasteiger partial charge in [-0.15, -0.1) is 0 Å². The molecule has 0 aliphatic carbocycles. The molecule has 1 aromatic heterocycles. The van der Waals surface area contributed by atoms with Crippen LogP contribution >= 0.6 is 0 Å². The van der Waals surface area contributed by atoms with Crippen LogP contribution in [-0.2, 0) is 20.1 Å². The monoisotopic (exact) mass is 317 g/mol. The van der Waals surface area contributed by atoms with Crippen LogP contribution < -0.4 is 20.1 Å². The van der Waals surface area contributed by atoms with E-state index in [2.05, 4.69) is 20.7 Å². The van der Waals surface area contributed by atoms with Gasteiger partial charge in [0.2, 0.25) is 0 Å². The van der Waals surface area contributed by atoms with Crippen molar-refractivity contribution in [2.45, 2.75) is 13.1 Å². The molecule has 1 heterocycles. The first-order chi connectivity index (χ1) is 11.2. The molecule has 0 atom stereocenters. The predicted molar refractivity (Wildman–Crippen MR) is 89.8 cm³/mol. The minimum Gasteiger partial charge on any atom is -0.493 e. The van der Waals surface area contributed by atoms with Gasteiger partial charge in [-0.2, -0.15) is 5.10 Å². The number of hydrogen-bond acceptors (Lipinski definition) is 4. The molecule has 7 nitrogen and oxygen atoms in total. The Labute approximate surface area is 136 Å². The lowest BCUT2D eigenvalue weighted by atomic mass is 10.2. The standard InChI is InChI=1S/C16H23N5O2/c1-17-16(19-11-13-8-9-20-21(13)2)18-10-12-6-5-7-14(22-3)15(12)23-4/h5-9H,10-11H2,1-4H3,(H2,17,18,19). The lowest BCUT2D eigenvalue weighted by molar-refractivity contribution is 0.351. The van der Waals surface area contributed by atoms with Crippen molar-refractivity contribution in [3.05, 3.63) is 41.7 Å². The maximum Gasteiger partial charge on any atom is 0.191 e. The Morgan fingerprint density at radius 2 is 1.96 bits per heavy atom. The quantitative estimate of drug-likeness (QED) is 0.621. The number of hydrogen-bond donors (Lipinski definition) is 2. The zero-order valence-corrected chi connectivity index (χ0v) is 14.0. The second kappa shape index (κ2) is 8.07. The Hall–Kier alpha value is -2.70. The van der Waals surface area contributed by atoms with E-state index in [-0.39, 0.29) is 0 Å². The van der Waals surface area contributed by atoms with Crippen LogP contribution in [0, 0.1) is 0 Å². The SMILES string of the molecule is CN=C(NCc1cccc(OC)c1OC)NCc1ccnn1C. The van der Waals surface area contributed by atoms with Crippen molar-refractivity contribution >= 4 is 5.96 Å². The number of guanidine groups is 1. The van der Waals surface area contributed by atoms with Crippen LogP contribution in [0.1, 0.15) is 11.3 Å². The minimum atomic E-state index is 0.575. The summed E-state index contributed by atoms with van der Waals surface area (Å²) in [5.74, 6) is 2.14. The lowest BCUT2D eigenvalue weighted by Gasteiger charge is -2.15. The van der Waals surface area contributed by atoms with Gasteiger partial charge in [0.05, 0.1) is 26.5 Å². The highest BCUT2D eigenvalue weighted by atomic mass is 16.5. The second-order valence-electron chi connectivity index (χ2n) is 4.88. The van der Waals surface area contributed by atoms with Gasteiger partial charge in [-0.1, -0.05) is 12.1 Å². The van der Waals surface area contributed by atoms with Gasteiger partial charge < -0.3 is 20.1 Å². The van der Waals surface area contributed by atoms with Crippen LogP contribution in [0.3, 0.4) is 0 Å². The molecule has 2 N–H and O–H groups in total. The summed E-state index contributed by atoms with van der Waals surface area (Å²) in [7, 11) is 6.91. The summed E-state index contributed by atoms with van der Waals surface area (Å²) in [6.07, 6.45) is 1.77. The minimum absolute atomic E-state index is 0.575. The van der Waals surface area contributed by atoms with Gasteiger partial charge in [0.25, 0.3) is 0 Å². The molecule has 0 radical (unpaired) electrons. The van der Waals surface area contributed by atoms with Crippen LogP contribution in [0.2, 0.25) is 0 Å². The molecule has 0 amide bonds. The van der Waals surface area contributed by atoms with E-state index >= 15 is 0 Å². The molecular formula is C16H23N5O2. The summed E-state index contributed by atoms with van der Waals surface area (Å²) in [6.45, 7) is 1.22. The largest absolute Gasteiger partial charge is 0.493 e. The summed E-state index contributed by atoms with van der Waals surface area (Å²) in [6, 6.07) is 7.76. The van der Waals surface area contributed by atoms with Gasteiger partial charge >= 0.3 is 0 Å². The van der Waals surface area contributed by atoms with Gasteiger partial charge in [-0.25, -0.2) is 0 Å². The molecule has 124 valence electrons. The molecule has 2 rings (SSSR count). The summed E-state index contributed by atoms with van der Waals surface area (Å²) in [5.41, 5.74) is 2.07. The Balaban J connectivity index is 1.97. The van der Waals surface area contributed by atoms with Crippen LogP contribution in [0.4, 0.5) is 0 Å². The molecule has 1 aromatic carbocycles. The average molecular weight is 317 g/mol. The lowest BCUT2D eigenvalue weighted by Crippen LogP contribution is -2.36. The maximum absolute atomic E-state index is 5.43. The highest BCUT2D eigenvalue weighted by Crippen LogP contribution is 2.30. The fourth-order valence-corrected chi connectivity index (χ4v) is 2.24. The number of aromatic nitrogens is 2. The molecule has 0 saturated carbocycles. The number of methoxy groups -OCH3 is 2. The predicted octanol–water partition coefficient (Wildman–Crippen LogP) is 1.30. The van der Waals surface area contributed by atoms with Crippen LogP contribution in [0.15, 0.2) is 35.5 Å². The van der Waals surface area contributed by atoms with Crippen molar-refractivity contribution in [2.24, 2.45) is 12.0 Å². The molecule has 2 aromatic rings. The Morgan fingerprint density at radius 3 is 2.57 bits per heavy atom. The van der Waals surface area contributed by atoms with E-state index in [0.717, 1.165) is 17.0 Å². The molecule has 7 heteroatoms. The first kappa shape index (κ1) is 16.7. The molecule has 0 saturated heterocycles. The molecular weight excluding hydrogens is 294 g/mol. The van der Waals surface area contributed by atoms with Crippen molar-refractivity contribution < 1.29 is 9.47 Å². The van der Waals surface area contributed by atoms with E-state index in [9.17, 15) is 0 Å². The third kappa shape index (κ3) is 4.15. The van der Waals surface area contributed by atoms with Crippen molar-refractivity contribution in [3.63, 3.8) is 0 Å². The number of ether oxygens (including phenoxy) is 2. The third-order valence-corrected chi connectivity index (χ3v) is 3.51. The van der Waals surface area contributed by atoms with E-state index < -0.39 is 0 Å². The zero-order chi connectivity index (χ0) is 16.7. The van der Waals surface area contributed by atoms with Crippen molar-refractivity contribution in [1.29, 1.82) is 0 Å². The van der Waals surface area contributed by atoms with Crippen molar-refractivity contribution in [2.75, 3.05) is 21.3 Å². The third-order valence-electron chi connectivity index (χ3n) is 3.51. The molecule has 0 unspecified atom stereocenters. The summed E-state index contributed by atoms with van der Waals surface area (Å²) in [5, 5.41) is 10.7. The first-order valence-electron chi connectivity index (χ1n) is 7.30. The molecule has 0 aliphatic heterocycles. The maximum atomic E-state index is 5.43. The van der Waals surface area contributed by atoms with Gasteiger partial charge in [0.15, 0.2) is 17.5 Å². The Bertz CT molecular complexity index is 666. The number of nitrogens with zero attached hydrogens (tertiary/aromatic N) is 3. The smallest absolute Gasteiger partial charge is 0.191 e. The molecule has 23 heavy (non-hydrogen) atoms. The number of aryl methyl sites for hydroxylation is 1.